The lowest BCUT2D eigenvalue weighted by Crippen LogP contribution is -2.20. The van der Waals surface area contributed by atoms with E-state index in [1.54, 1.807) is 35.3 Å². The Morgan fingerprint density at radius 1 is 1.15 bits per heavy atom. The highest BCUT2D eigenvalue weighted by atomic mass is 35.5. The molecule has 1 aromatic heterocycles. The molecule has 0 amide bonds. The van der Waals surface area contributed by atoms with Gasteiger partial charge in [-0.1, -0.05) is 29.8 Å². The van der Waals surface area contributed by atoms with Crippen LogP contribution in [0.1, 0.15) is 22.8 Å². The number of thiocarbonyl (C=S) groups is 1. The van der Waals surface area contributed by atoms with E-state index in [9.17, 15) is 4.79 Å². The summed E-state index contributed by atoms with van der Waals surface area (Å²) in [6, 6.07) is 14.6. The van der Waals surface area contributed by atoms with Gasteiger partial charge in [0.2, 0.25) is 5.95 Å². The lowest BCUT2D eigenvalue weighted by Gasteiger charge is -2.08. The van der Waals surface area contributed by atoms with Crippen LogP contribution in [-0.2, 0) is 6.54 Å². The normalized spacial score (nSPS) is 10.4. The molecule has 3 aromatic rings. The largest absolute Gasteiger partial charge is 0.332 e. The van der Waals surface area contributed by atoms with Gasteiger partial charge in [-0.15, -0.1) is 5.10 Å². The summed E-state index contributed by atoms with van der Waals surface area (Å²) in [6.45, 7) is 2.04. The molecular formula is C18H16ClN5OS. The molecule has 1 heterocycles. The lowest BCUT2D eigenvalue weighted by molar-refractivity contribution is 0.101. The first-order valence-electron chi connectivity index (χ1n) is 7.83. The Bertz CT molecular complexity index is 939. The SMILES string of the molecule is CC(=O)c1ccc(NC(=S)Nc2ncn(Cc3ccccc3Cl)n2)cc1. The van der Waals surface area contributed by atoms with Gasteiger partial charge in [0.05, 0.1) is 6.54 Å². The molecule has 0 radical (unpaired) electrons. The number of hydrogen-bond donors (Lipinski definition) is 2. The highest BCUT2D eigenvalue weighted by Gasteiger charge is 2.06. The van der Waals surface area contributed by atoms with Crippen LogP contribution < -0.4 is 10.6 Å². The van der Waals surface area contributed by atoms with E-state index in [-0.39, 0.29) is 5.78 Å². The van der Waals surface area contributed by atoms with E-state index < -0.39 is 0 Å². The zero-order chi connectivity index (χ0) is 18.5. The maximum absolute atomic E-state index is 11.3. The van der Waals surface area contributed by atoms with Gasteiger partial charge in [-0.05, 0) is 55.0 Å². The van der Waals surface area contributed by atoms with Crippen LogP contribution >= 0.6 is 23.8 Å². The second-order valence-electron chi connectivity index (χ2n) is 5.57. The van der Waals surface area contributed by atoms with Crippen molar-refractivity contribution in [2.45, 2.75) is 13.5 Å². The molecule has 0 spiro atoms. The number of nitrogens with one attached hydrogen (secondary N) is 2. The van der Waals surface area contributed by atoms with Gasteiger partial charge < -0.3 is 5.32 Å². The van der Waals surface area contributed by atoms with Gasteiger partial charge in [0.25, 0.3) is 0 Å². The van der Waals surface area contributed by atoms with Gasteiger partial charge in [0.1, 0.15) is 6.33 Å². The van der Waals surface area contributed by atoms with Gasteiger partial charge in [0.15, 0.2) is 10.9 Å². The molecule has 2 aromatic carbocycles. The molecule has 0 saturated heterocycles. The number of rotatable bonds is 5. The number of carbonyl (C=O) groups is 1. The summed E-state index contributed by atoms with van der Waals surface area (Å²) in [5, 5.41) is 11.3. The molecular weight excluding hydrogens is 370 g/mol. The summed E-state index contributed by atoms with van der Waals surface area (Å²) < 4.78 is 1.67. The maximum atomic E-state index is 11.3. The maximum Gasteiger partial charge on any atom is 0.248 e. The van der Waals surface area contributed by atoms with E-state index in [4.69, 9.17) is 23.8 Å². The van der Waals surface area contributed by atoms with Gasteiger partial charge in [-0.25, -0.2) is 9.67 Å². The first-order chi connectivity index (χ1) is 12.5. The number of anilines is 2. The van der Waals surface area contributed by atoms with Crippen LogP contribution in [0.4, 0.5) is 11.6 Å². The van der Waals surface area contributed by atoms with E-state index >= 15 is 0 Å². The Hall–Kier alpha value is -2.77. The molecule has 0 aliphatic carbocycles. The van der Waals surface area contributed by atoms with Gasteiger partial charge in [-0.3, -0.25) is 10.1 Å². The number of nitrogens with zero attached hydrogens (tertiary/aromatic N) is 3. The third-order valence-corrected chi connectivity index (χ3v) is 4.17. The van der Waals surface area contributed by atoms with Crippen molar-refractivity contribution in [3.05, 3.63) is 71.0 Å². The van der Waals surface area contributed by atoms with Crippen LogP contribution in [0.25, 0.3) is 0 Å². The predicted octanol–water partition coefficient (Wildman–Crippen LogP) is 3.99. The molecule has 6 nitrogen and oxygen atoms in total. The first-order valence-corrected chi connectivity index (χ1v) is 8.62. The molecule has 0 bridgehead atoms. The van der Waals surface area contributed by atoms with Crippen molar-refractivity contribution < 1.29 is 4.79 Å². The zero-order valence-corrected chi connectivity index (χ0v) is 15.5. The van der Waals surface area contributed by atoms with Gasteiger partial charge >= 0.3 is 0 Å². The number of benzene rings is 2. The van der Waals surface area contributed by atoms with Crippen molar-refractivity contribution >= 4 is 46.4 Å². The molecule has 3 rings (SSSR count). The topological polar surface area (TPSA) is 71.8 Å². The fourth-order valence-corrected chi connectivity index (χ4v) is 2.69. The van der Waals surface area contributed by atoms with Crippen LogP contribution in [-0.4, -0.2) is 25.7 Å². The van der Waals surface area contributed by atoms with Crippen LogP contribution in [0.3, 0.4) is 0 Å². The molecule has 0 saturated carbocycles. The number of hydrogen-bond acceptors (Lipinski definition) is 4. The Labute approximate surface area is 161 Å². The van der Waals surface area contributed by atoms with Crippen molar-refractivity contribution in [3.63, 3.8) is 0 Å². The Balaban J connectivity index is 1.59. The molecule has 0 aliphatic heterocycles. The van der Waals surface area contributed by atoms with Crippen LogP contribution in [0.5, 0.6) is 0 Å². The number of halogens is 1. The average Bonchev–Trinajstić information content (AvgIpc) is 3.04. The van der Waals surface area contributed by atoms with E-state index in [0.717, 1.165) is 11.3 Å². The van der Waals surface area contributed by atoms with Gasteiger partial charge in [-0.2, -0.15) is 0 Å². The monoisotopic (exact) mass is 385 g/mol. The van der Waals surface area contributed by atoms with Crippen LogP contribution in [0, 0.1) is 0 Å². The molecule has 26 heavy (non-hydrogen) atoms. The Morgan fingerprint density at radius 3 is 2.58 bits per heavy atom. The van der Waals surface area contributed by atoms with E-state index in [1.165, 1.54) is 6.92 Å². The number of carbonyl (C=O) groups excluding carboxylic acids is 1. The minimum atomic E-state index is 0.0190. The zero-order valence-electron chi connectivity index (χ0n) is 13.9. The van der Waals surface area contributed by atoms with E-state index in [2.05, 4.69) is 20.7 Å². The van der Waals surface area contributed by atoms with E-state index in [0.29, 0.717) is 28.2 Å². The highest BCUT2D eigenvalue weighted by Crippen LogP contribution is 2.16. The Morgan fingerprint density at radius 2 is 1.88 bits per heavy atom. The number of Topliss-reactive ketones (excluding diaryl/α,β-unsaturated/α-hetero) is 1. The smallest absolute Gasteiger partial charge is 0.248 e. The minimum Gasteiger partial charge on any atom is -0.332 e. The van der Waals surface area contributed by atoms with Crippen molar-refractivity contribution in [3.8, 4) is 0 Å². The summed E-state index contributed by atoms with van der Waals surface area (Å²) in [5.74, 6) is 0.403. The summed E-state index contributed by atoms with van der Waals surface area (Å²) in [4.78, 5) is 15.5. The fourth-order valence-electron chi connectivity index (χ4n) is 2.28. The average molecular weight is 386 g/mol. The molecule has 132 valence electrons. The van der Waals surface area contributed by atoms with Crippen LogP contribution in [0.15, 0.2) is 54.9 Å². The second-order valence-corrected chi connectivity index (χ2v) is 6.39. The summed E-state index contributed by atoms with van der Waals surface area (Å²) in [5.41, 5.74) is 2.37. The fraction of sp³-hybridized carbons (Fsp3) is 0.111. The summed E-state index contributed by atoms with van der Waals surface area (Å²) in [7, 11) is 0. The first kappa shape index (κ1) is 18.0. The molecule has 8 heteroatoms. The van der Waals surface area contributed by atoms with Crippen molar-refractivity contribution in [2.24, 2.45) is 0 Å². The molecule has 0 unspecified atom stereocenters. The molecule has 0 atom stereocenters. The second kappa shape index (κ2) is 8.07. The quantitative estimate of drug-likeness (QED) is 0.511. The third-order valence-electron chi connectivity index (χ3n) is 3.60. The Kier molecular flexibility index (Phi) is 5.60. The van der Waals surface area contributed by atoms with Gasteiger partial charge in [0, 0.05) is 16.3 Å². The minimum absolute atomic E-state index is 0.0190. The summed E-state index contributed by atoms with van der Waals surface area (Å²) >= 11 is 11.4. The molecule has 2 N–H and O–H groups in total. The number of ketones is 1. The third kappa shape index (κ3) is 4.65. The van der Waals surface area contributed by atoms with Crippen molar-refractivity contribution in [1.82, 2.24) is 14.8 Å². The van der Waals surface area contributed by atoms with E-state index in [1.807, 2.05) is 24.3 Å². The lowest BCUT2D eigenvalue weighted by atomic mass is 10.1. The van der Waals surface area contributed by atoms with Crippen molar-refractivity contribution in [2.75, 3.05) is 10.6 Å². The number of aromatic nitrogens is 3. The van der Waals surface area contributed by atoms with Crippen molar-refractivity contribution in [1.29, 1.82) is 0 Å². The standard InChI is InChI=1S/C18H16ClN5OS/c1-12(25)13-6-8-15(9-7-13)21-18(26)22-17-20-11-24(23-17)10-14-4-2-3-5-16(14)19/h2-9,11H,10H2,1H3,(H2,21,22,23,26). The molecule has 0 aliphatic rings. The predicted molar refractivity (Wildman–Crippen MR) is 107 cm³/mol. The highest BCUT2D eigenvalue weighted by molar-refractivity contribution is 7.80. The van der Waals surface area contributed by atoms with Crippen LogP contribution in [0.2, 0.25) is 5.02 Å². The molecule has 0 fully saturated rings. The summed E-state index contributed by atoms with van der Waals surface area (Å²) in [6.07, 6.45) is 1.61.